The van der Waals surface area contributed by atoms with Crippen molar-refractivity contribution in [2.24, 2.45) is 0 Å². The zero-order valence-electron chi connectivity index (χ0n) is 13.3. The first-order valence-electron chi connectivity index (χ1n) is 8.10. The van der Waals surface area contributed by atoms with Crippen molar-refractivity contribution in [2.75, 3.05) is 0 Å². The Morgan fingerprint density at radius 2 is 2.17 bits per heavy atom. The minimum atomic E-state index is -1.06. The number of aromatic nitrogens is 2. The minimum absolute atomic E-state index is 0.335. The highest BCUT2D eigenvalue weighted by Crippen LogP contribution is 2.43. The zero-order valence-corrected chi connectivity index (χ0v) is 13.3. The number of halogens is 1. The zero-order chi connectivity index (χ0) is 16.9. The molecule has 0 radical (unpaired) electrons. The van der Waals surface area contributed by atoms with Crippen molar-refractivity contribution in [3.05, 3.63) is 58.4 Å². The number of carbonyl (C=O) groups excluding carboxylic acids is 1. The molecule has 1 heterocycles. The summed E-state index contributed by atoms with van der Waals surface area (Å²) >= 11 is 0. The third kappa shape index (κ3) is 2.21. The van der Waals surface area contributed by atoms with E-state index in [0.717, 1.165) is 29.9 Å². The standard InChI is InChI=1S/C18H18FN3O2/c1-10-13(3-2-4-14(10)19)18(17(23)22-24)7-12-9-20-16(11-5-6-11)21-15(12)8-18/h2-4,9,11,24H,5-8H2,1H3,(H,22,23). The molecule has 1 aromatic heterocycles. The van der Waals surface area contributed by atoms with Gasteiger partial charge >= 0.3 is 0 Å². The molecule has 2 N–H and O–H groups in total. The summed E-state index contributed by atoms with van der Waals surface area (Å²) in [5.74, 6) is 0.346. The van der Waals surface area contributed by atoms with Crippen molar-refractivity contribution in [2.45, 2.75) is 43.9 Å². The SMILES string of the molecule is Cc1c(F)cccc1C1(C(=O)NO)Cc2cnc(C3CC3)nc2C1. The van der Waals surface area contributed by atoms with Gasteiger partial charge in [0.25, 0.3) is 5.91 Å². The fourth-order valence-electron chi connectivity index (χ4n) is 3.68. The molecule has 0 spiro atoms. The summed E-state index contributed by atoms with van der Waals surface area (Å²) in [5.41, 5.74) is 3.42. The second-order valence-electron chi connectivity index (χ2n) is 6.76. The van der Waals surface area contributed by atoms with E-state index in [9.17, 15) is 14.4 Å². The summed E-state index contributed by atoms with van der Waals surface area (Å²) in [4.78, 5) is 21.6. The number of amides is 1. The van der Waals surface area contributed by atoms with Crippen LogP contribution in [-0.2, 0) is 23.1 Å². The number of nitrogens with one attached hydrogen (secondary N) is 1. The lowest BCUT2D eigenvalue weighted by Gasteiger charge is -2.28. The number of nitrogens with zero attached hydrogens (tertiary/aromatic N) is 2. The molecule has 1 saturated carbocycles. The van der Waals surface area contributed by atoms with Gasteiger partial charge in [-0.15, -0.1) is 0 Å². The Morgan fingerprint density at radius 3 is 2.88 bits per heavy atom. The molecule has 1 fully saturated rings. The number of hydrogen-bond acceptors (Lipinski definition) is 4. The maximum atomic E-state index is 14.1. The Morgan fingerprint density at radius 1 is 1.38 bits per heavy atom. The van der Waals surface area contributed by atoms with E-state index in [1.165, 1.54) is 6.07 Å². The van der Waals surface area contributed by atoms with Crippen molar-refractivity contribution in [1.29, 1.82) is 0 Å². The quantitative estimate of drug-likeness (QED) is 0.670. The van der Waals surface area contributed by atoms with Crippen LogP contribution in [0.3, 0.4) is 0 Å². The molecule has 6 heteroatoms. The molecule has 0 saturated heterocycles. The highest BCUT2D eigenvalue weighted by molar-refractivity contribution is 5.89. The second-order valence-corrected chi connectivity index (χ2v) is 6.76. The molecule has 2 aliphatic carbocycles. The molecule has 24 heavy (non-hydrogen) atoms. The summed E-state index contributed by atoms with van der Waals surface area (Å²) in [5, 5.41) is 9.28. The Bertz CT molecular complexity index is 835. The normalized spacial score (nSPS) is 22.3. The third-order valence-electron chi connectivity index (χ3n) is 5.20. The summed E-state index contributed by atoms with van der Waals surface area (Å²) in [7, 11) is 0. The number of fused-ring (bicyclic) bond motifs is 1. The van der Waals surface area contributed by atoms with Crippen molar-refractivity contribution >= 4 is 5.91 Å². The van der Waals surface area contributed by atoms with Gasteiger partial charge in [-0.05, 0) is 48.9 Å². The van der Waals surface area contributed by atoms with Gasteiger partial charge in [-0.2, -0.15) is 0 Å². The van der Waals surface area contributed by atoms with Gasteiger partial charge < -0.3 is 0 Å². The molecule has 5 nitrogen and oxygen atoms in total. The van der Waals surface area contributed by atoms with Crippen LogP contribution >= 0.6 is 0 Å². The van der Waals surface area contributed by atoms with Crippen LogP contribution in [0.2, 0.25) is 0 Å². The maximum Gasteiger partial charge on any atom is 0.254 e. The van der Waals surface area contributed by atoms with E-state index in [0.29, 0.717) is 29.9 Å². The van der Waals surface area contributed by atoms with Gasteiger partial charge in [-0.25, -0.2) is 19.8 Å². The fraction of sp³-hybridized carbons (Fsp3) is 0.389. The molecule has 2 aromatic rings. The topological polar surface area (TPSA) is 75.1 Å². The van der Waals surface area contributed by atoms with E-state index < -0.39 is 11.3 Å². The number of benzene rings is 1. The van der Waals surface area contributed by atoms with Gasteiger partial charge in [0.1, 0.15) is 11.6 Å². The van der Waals surface area contributed by atoms with E-state index in [-0.39, 0.29) is 5.82 Å². The molecule has 1 aromatic carbocycles. The van der Waals surface area contributed by atoms with Crippen LogP contribution in [0.4, 0.5) is 4.39 Å². The van der Waals surface area contributed by atoms with Crippen molar-refractivity contribution in [3.8, 4) is 0 Å². The van der Waals surface area contributed by atoms with E-state index in [1.807, 2.05) is 0 Å². The van der Waals surface area contributed by atoms with Gasteiger partial charge in [0.05, 0.1) is 5.41 Å². The van der Waals surface area contributed by atoms with E-state index in [4.69, 9.17) is 0 Å². The minimum Gasteiger partial charge on any atom is -0.289 e. The van der Waals surface area contributed by atoms with E-state index in [2.05, 4.69) is 9.97 Å². The molecule has 1 amide bonds. The van der Waals surface area contributed by atoms with E-state index in [1.54, 1.807) is 30.7 Å². The lowest BCUT2D eigenvalue weighted by atomic mass is 9.75. The predicted octanol–water partition coefficient (Wildman–Crippen LogP) is 2.34. The highest BCUT2D eigenvalue weighted by atomic mass is 19.1. The second kappa shape index (κ2) is 5.34. The first-order valence-corrected chi connectivity index (χ1v) is 8.10. The lowest BCUT2D eigenvalue weighted by Crippen LogP contribution is -2.44. The number of hydroxylamine groups is 1. The van der Waals surface area contributed by atoms with Gasteiger partial charge in [0, 0.05) is 24.2 Å². The average molecular weight is 327 g/mol. The van der Waals surface area contributed by atoms with Gasteiger partial charge in [0.15, 0.2) is 0 Å². The predicted molar refractivity (Wildman–Crippen MR) is 84.2 cm³/mol. The smallest absolute Gasteiger partial charge is 0.254 e. The summed E-state index contributed by atoms with van der Waals surface area (Å²) in [6.07, 6.45) is 4.66. The fourth-order valence-corrected chi connectivity index (χ4v) is 3.68. The van der Waals surface area contributed by atoms with Gasteiger partial charge in [-0.3, -0.25) is 10.0 Å². The monoisotopic (exact) mass is 327 g/mol. The lowest BCUT2D eigenvalue weighted by molar-refractivity contribution is -0.135. The third-order valence-corrected chi connectivity index (χ3v) is 5.20. The number of carbonyl (C=O) groups is 1. The van der Waals surface area contributed by atoms with Crippen LogP contribution in [0, 0.1) is 12.7 Å². The maximum absolute atomic E-state index is 14.1. The van der Waals surface area contributed by atoms with Gasteiger partial charge in [0.2, 0.25) is 0 Å². The molecule has 1 unspecified atom stereocenters. The van der Waals surface area contributed by atoms with Crippen molar-refractivity contribution < 1.29 is 14.4 Å². The Balaban J connectivity index is 1.82. The first-order chi connectivity index (χ1) is 11.5. The molecule has 124 valence electrons. The first kappa shape index (κ1) is 15.2. The molecule has 0 aliphatic heterocycles. The summed E-state index contributed by atoms with van der Waals surface area (Å²) in [6.45, 7) is 1.65. The van der Waals surface area contributed by atoms with Crippen LogP contribution in [0.5, 0.6) is 0 Å². The molecule has 1 atom stereocenters. The number of rotatable bonds is 3. The largest absolute Gasteiger partial charge is 0.289 e. The molecule has 0 bridgehead atoms. The van der Waals surface area contributed by atoms with Crippen molar-refractivity contribution in [1.82, 2.24) is 15.4 Å². The molecule has 2 aliphatic rings. The number of hydrogen-bond donors (Lipinski definition) is 2. The molecule has 4 rings (SSSR count). The molecular weight excluding hydrogens is 309 g/mol. The Labute approximate surface area is 138 Å². The van der Waals surface area contributed by atoms with E-state index >= 15 is 0 Å². The highest BCUT2D eigenvalue weighted by Gasteiger charge is 2.47. The molecular formula is C18H18FN3O2. The average Bonchev–Trinajstić information content (AvgIpc) is 3.36. The summed E-state index contributed by atoms with van der Waals surface area (Å²) < 4.78 is 14.1. The Hall–Kier alpha value is -2.34. The van der Waals surface area contributed by atoms with Crippen LogP contribution in [0.1, 0.15) is 47.0 Å². The van der Waals surface area contributed by atoms with Gasteiger partial charge in [-0.1, -0.05) is 12.1 Å². The van der Waals surface area contributed by atoms with Crippen LogP contribution < -0.4 is 5.48 Å². The van der Waals surface area contributed by atoms with Crippen LogP contribution in [0.25, 0.3) is 0 Å². The summed E-state index contributed by atoms with van der Waals surface area (Å²) in [6, 6.07) is 4.71. The van der Waals surface area contributed by atoms with Crippen molar-refractivity contribution in [3.63, 3.8) is 0 Å². The van der Waals surface area contributed by atoms with Crippen LogP contribution in [-0.4, -0.2) is 21.1 Å². The van der Waals surface area contributed by atoms with Crippen LogP contribution in [0.15, 0.2) is 24.4 Å². The Kier molecular flexibility index (Phi) is 3.38.